The zero-order valence-electron chi connectivity index (χ0n) is 20.0. The fourth-order valence-electron chi connectivity index (χ4n) is 4.78. The lowest BCUT2D eigenvalue weighted by Gasteiger charge is -2.28. The van der Waals surface area contributed by atoms with Gasteiger partial charge < -0.3 is 24.8 Å². The average Bonchev–Trinajstić information content (AvgIpc) is 3.29. The molecule has 0 aliphatic carbocycles. The standard InChI is InChI=1S/C26H31N5O2S/c1-17-16-21(18(2)31(17)20-11-9-19(10-12-20)25(32)33)24-23(22-8-5-6-13-27-22)28-26(34)30(24)15-7-14-29(3)4/h5-6,8-13,16,23-24H,7,14-15H2,1-4H3,(H,28,34)(H,32,33)/t23-,24+/m0/s1. The van der Waals surface area contributed by atoms with Crippen molar-refractivity contribution in [3.8, 4) is 5.69 Å². The van der Waals surface area contributed by atoms with Crippen LogP contribution in [0.5, 0.6) is 0 Å². The second-order valence-electron chi connectivity index (χ2n) is 8.99. The molecule has 2 N–H and O–H groups in total. The number of hydrogen-bond donors (Lipinski definition) is 2. The van der Waals surface area contributed by atoms with Crippen LogP contribution in [0.2, 0.25) is 0 Å². The Morgan fingerprint density at radius 3 is 2.53 bits per heavy atom. The molecule has 2 atom stereocenters. The maximum Gasteiger partial charge on any atom is 0.335 e. The Morgan fingerprint density at radius 2 is 1.91 bits per heavy atom. The van der Waals surface area contributed by atoms with Crippen LogP contribution in [0.4, 0.5) is 0 Å². The number of rotatable bonds is 8. The van der Waals surface area contributed by atoms with Gasteiger partial charge in [0.25, 0.3) is 0 Å². The number of hydrogen-bond acceptors (Lipinski definition) is 4. The minimum atomic E-state index is -0.926. The van der Waals surface area contributed by atoms with Crippen LogP contribution in [-0.4, -0.2) is 62.7 Å². The number of aromatic nitrogens is 2. The highest BCUT2D eigenvalue weighted by atomic mass is 32.1. The summed E-state index contributed by atoms with van der Waals surface area (Å²) >= 11 is 5.80. The molecule has 8 heteroatoms. The molecule has 3 heterocycles. The van der Waals surface area contributed by atoms with Crippen molar-refractivity contribution in [1.82, 2.24) is 24.7 Å². The largest absolute Gasteiger partial charge is 0.478 e. The van der Waals surface area contributed by atoms with Crippen LogP contribution < -0.4 is 5.32 Å². The summed E-state index contributed by atoms with van der Waals surface area (Å²) in [6.45, 7) is 6.01. The zero-order valence-corrected chi connectivity index (χ0v) is 20.8. The van der Waals surface area contributed by atoms with Gasteiger partial charge in [0.05, 0.1) is 23.3 Å². The normalized spacial score (nSPS) is 17.9. The molecule has 1 fully saturated rings. The number of pyridine rings is 1. The van der Waals surface area contributed by atoms with Crippen molar-refractivity contribution >= 4 is 23.3 Å². The minimum Gasteiger partial charge on any atom is -0.478 e. The number of nitrogens with zero attached hydrogens (tertiary/aromatic N) is 4. The third-order valence-corrected chi connectivity index (χ3v) is 6.72. The predicted octanol–water partition coefficient (Wildman–Crippen LogP) is 4.11. The molecule has 34 heavy (non-hydrogen) atoms. The zero-order chi connectivity index (χ0) is 24.4. The van der Waals surface area contributed by atoms with Crippen molar-refractivity contribution in [1.29, 1.82) is 0 Å². The fourth-order valence-corrected chi connectivity index (χ4v) is 5.11. The summed E-state index contributed by atoms with van der Waals surface area (Å²) < 4.78 is 2.18. The molecule has 3 aromatic rings. The fraction of sp³-hybridized carbons (Fsp3) is 0.346. The molecular weight excluding hydrogens is 446 g/mol. The molecule has 0 amide bonds. The van der Waals surface area contributed by atoms with E-state index in [1.54, 1.807) is 12.1 Å². The van der Waals surface area contributed by atoms with Gasteiger partial charge in [-0.2, -0.15) is 0 Å². The lowest BCUT2D eigenvalue weighted by atomic mass is 9.96. The second kappa shape index (κ2) is 9.95. The summed E-state index contributed by atoms with van der Waals surface area (Å²) in [5.41, 5.74) is 5.55. The van der Waals surface area contributed by atoms with E-state index in [2.05, 4.69) is 58.7 Å². The van der Waals surface area contributed by atoms with Crippen molar-refractivity contribution in [3.63, 3.8) is 0 Å². The Kier molecular flexibility index (Phi) is 7.00. The predicted molar refractivity (Wildman–Crippen MR) is 138 cm³/mol. The number of aryl methyl sites for hydroxylation is 1. The van der Waals surface area contributed by atoms with Gasteiger partial charge in [0.2, 0.25) is 0 Å². The first-order valence-electron chi connectivity index (χ1n) is 11.4. The van der Waals surface area contributed by atoms with Gasteiger partial charge in [-0.1, -0.05) is 6.07 Å². The molecule has 0 bridgehead atoms. The molecule has 7 nitrogen and oxygen atoms in total. The number of carboxylic acid groups (broad SMARTS) is 1. The molecule has 1 saturated heterocycles. The van der Waals surface area contributed by atoms with Crippen molar-refractivity contribution < 1.29 is 9.90 Å². The maximum absolute atomic E-state index is 11.3. The van der Waals surface area contributed by atoms with Crippen LogP contribution in [-0.2, 0) is 0 Å². The Hall–Kier alpha value is -3.23. The molecule has 2 aromatic heterocycles. The minimum absolute atomic E-state index is 0.00260. The summed E-state index contributed by atoms with van der Waals surface area (Å²) in [6.07, 6.45) is 2.81. The summed E-state index contributed by atoms with van der Waals surface area (Å²) in [7, 11) is 4.16. The molecule has 1 aliphatic rings. The van der Waals surface area contributed by atoms with Crippen LogP contribution in [0.1, 0.15) is 51.5 Å². The summed E-state index contributed by atoms with van der Waals surface area (Å²) in [6, 6.07) is 15.1. The summed E-state index contributed by atoms with van der Waals surface area (Å²) in [5.74, 6) is -0.926. The summed E-state index contributed by atoms with van der Waals surface area (Å²) in [5, 5.41) is 13.5. The van der Waals surface area contributed by atoms with E-state index in [1.165, 1.54) is 5.56 Å². The second-order valence-corrected chi connectivity index (χ2v) is 9.38. The third-order valence-electron chi connectivity index (χ3n) is 6.36. The lowest BCUT2D eigenvalue weighted by Crippen LogP contribution is -2.32. The van der Waals surface area contributed by atoms with Crippen LogP contribution in [0.15, 0.2) is 54.7 Å². The van der Waals surface area contributed by atoms with Crippen LogP contribution >= 0.6 is 12.2 Å². The van der Waals surface area contributed by atoms with Crippen molar-refractivity contribution in [2.75, 3.05) is 27.2 Å². The van der Waals surface area contributed by atoms with Crippen LogP contribution in [0, 0.1) is 13.8 Å². The van der Waals surface area contributed by atoms with Gasteiger partial charge in [0.15, 0.2) is 5.11 Å². The molecule has 0 unspecified atom stereocenters. The van der Waals surface area contributed by atoms with Crippen molar-refractivity contribution in [3.05, 3.63) is 82.9 Å². The van der Waals surface area contributed by atoms with E-state index in [4.69, 9.17) is 12.2 Å². The van der Waals surface area contributed by atoms with Gasteiger partial charge in [-0.25, -0.2) is 4.79 Å². The van der Waals surface area contributed by atoms with E-state index in [9.17, 15) is 9.90 Å². The van der Waals surface area contributed by atoms with E-state index in [0.717, 1.165) is 47.4 Å². The van der Waals surface area contributed by atoms with Gasteiger partial charge >= 0.3 is 5.97 Å². The van der Waals surface area contributed by atoms with Crippen molar-refractivity contribution in [2.45, 2.75) is 32.4 Å². The lowest BCUT2D eigenvalue weighted by molar-refractivity contribution is 0.0697. The highest BCUT2D eigenvalue weighted by Gasteiger charge is 2.41. The first-order valence-corrected chi connectivity index (χ1v) is 11.8. The number of carbonyl (C=O) groups is 1. The third kappa shape index (κ3) is 4.69. The number of thiocarbonyl (C=S) groups is 1. The monoisotopic (exact) mass is 477 g/mol. The first kappa shape index (κ1) is 23.9. The van der Waals surface area contributed by atoms with E-state index in [-0.39, 0.29) is 17.6 Å². The van der Waals surface area contributed by atoms with E-state index >= 15 is 0 Å². The molecule has 0 radical (unpaired) electrons. The average molecular weight is 478 g/mol. The summed E-state index contributed by atoms with van der Waals surface area (Å²) in [4.78, 5) is 20.4. The Balaban J connectivity index is 1.75. The topological polar surface area (TPSA) is 73.6 Å². The molecule has 1 aromatic carbocycles. The molecule has 178 valence electrons. The Labute approximate surface area is 206 Å². The SMILES string of the molecule is Cc1cc([C@@H]2[C@H](c3ccccn3)NC(=S)N2CCCN(C)C)c(C)n1-c1ccc(C(=O)O)cc1. The molecule has 0 saturated carbocycles. The maximum atomic E-state index is 11.3. The molecule has 1 aliphatic heterocycles. The molecule has 4 rings (SSSR count). The van der Waals surface area contributed by atoms with E-state index in [0.29, 0.717) is 0 Å². The van der Waals surface area contributed by atoms with E-state index < -0.39 is 5.97 Å². The highest BCUT2D eigenvalue weighted by Crippen LogP contribution is 2.41. The Morgan fingerprint density at radius 1 is 1.18 bits per heavy atom. The van der Waals surface area contributed by atoms with Crippen LogP contribution in [0.3, 0.4) is 0 Å². The molecule has 0 spiro atoms. The van der Waals surface area contributed by atoms with Gasteiger partial charge in [-0.05, 0) is 101 Å². The highest BCUT2D eigenvalue weighted by molar-refractivity contribution is 7.80. The molecular formula is C26H31N5O2S. The van der Waals surface area contributed by atoms with E-state index in [1.807, 2.05) is 36.5 Å². The number of carboxylic acids is 1. The van der Waals surface area contributed by atoms with Crippen LogP contribution in [0.25, 0.3) is 5.69 Å². The van der Waals surface area contributed by atoms with Gasteiger partial charge in [-0.3, -0.25) is 4.98 Å². The van der Waals surface area contributed by atoms with Gasteiger partial charge in [0.1, 0.15) is 0 Å². The number of nitrogens with one attached hydrogen (secondary N) is 1. The first-order chi connectivity index (χ1) is 16.3. The Bertz CT molecular complexity index is 1170. The van der Waals surface area contributed by atoms with Gasteiger partial charge in [0, 0.05) is 29.8 Å². The van der Waals surface area contributed by atoms with Gasteiger partial charge in [-0.15, -0.1) is 0 Å². The smallest absolute Gasteiger partial charge is 0.335 e. The number of benzene rings is 1. The quantitative estimate of drug-likeness (QED) is 0.473. The number of aromatic carboxylic acids is 1. The van der Waals surface area contributed by atoms with Crippen molar-refractivity contribution in [2.24, 2.45) is 0 Å².